The lowest BCUT2D eigenvalue weighted by molar-refractivity contribution is 0.0696. The fourth-order valence-corrected chi connectivity index (χ4v) is 1.76. The molecule has 4 heteroatoms. The van der Waals surface area contributed by atoms with Gasteiger partial charge in [0.25, 0.3) is 0 Å². The van der Waals surface area contributed by atoms with Crippen molar-refractivity contribution in [3.05, 3.63) is 29.4 Å². The second-order valence-electron chi connectivity index (χ2n) is 2.32. The van der Waals surface area contributed by atoms with Crippen molar-refractivity contribution in [2.24, 2.45) is 0 Å². The Bertz CT molecular complexity index is 396. The normalized spacial score (nSPS) is 10.3. The van der Waals surface area contributed by atoms with Crippen LogP contribution in [0.5, 0.6) is 0 Å². The van der Waals surface area contributed by atoms with Gasteiger partial charge >= 0.3 is 5.97 Å². The van der Waals surface area contributed by atoms with Crippen LogP contribution < -0.4 is 0 Å². The third-order valence-electron chi connectivity index (χ3n) is 1.52. The number of hydrogen-bond acceptors (Lipinski definition) is 3. The molecule has 0 bridgehead atoms. The number of nitrogens with zero attached hydrogens (tertiary/aromatic N) is 1. The molecule has 1 aliphatic carbocycles. The van der Waals surface area contributed by atoms with E-state index in [1.54, 1.807) is 6.20 Å². The summed E-state index contributed by atoms with van der Waals surface area (Å²) in [4.78, 5) is 15.3. The van der Waals surface area contributed by atoms with Gasteiger partial charge in [-0.1, -0.05) is 12.1 Å². The third-order valence-corrected chi connectivity index (χ3v) is 2.58. The van der Waals surface area contributed by atoms with Crippen LogP contribution in [0.2, 0.25) is 0 Å². The van der Waals surface area contributed by atoms with Crippen molar-refractivity contribution in [2.45, 2.75) is 0 Å². The minimum absolute atomic E-state index is 0.133. The van der Waals surface area contributed by atoms with Crippen LogP contribution in [0.25, 0.3) is 10.4 Å². The molecule has 0 aromatic heterocycles. The molecule has 1 N–H and O–H groups in total. The largest absolute Gasteiger partial charge is 0.476 e. The summed E-state index contributed by atoms with van der Waals surface area (Å²) >= 11 is 1.19. The van der Waals surface area contributed by atoms with Crippen LogP contribution in [0.1, 0.15) is 9.80 Å². The molecule has 0 radical (unpaired) electrons. The molecule has 0 fully saturated rings. The van der Waals surface area contributed by atoms with E-state index in [0.717, 1.165) is 10.4 Å². The van der Waals surface area contributed by atoms with E-state index < -0.39 is 5.97 Å². The molecule has 0 atom stereocenters. The standard InChI is InChI=1S/C8H5NO2S/c10-8(11)7-9-4-5-2-1-3-6(5)12-7/h1-4H,(H,10,11). The molecule has 60 valence electrons. The van der Waals surface area contributed by atoms with Crippen molar-refractivity contribution < 1.29 is 9.90 Å². The van der Waals surface area contributed by atoms with Gasteiger partial charge in [-0.3, -0.25) is 0 Å². The van der Waals surface area contributed by atoms with Gasteiger partial charge in [0.2, 0.25) is 5.01 Å². The number of carbonyl (C=O) groups is 1. The van der Waals surface area contributed by atoms with Gasteiger partial charge in [-0.05, 0) is 6.07 Å². The predicted octanol–water partition coefficient (Wildman–Crippen LogP) is 1.95. The highest BCUT2D eigenvalue weighted by Gasteiger charge is 2.09. The lowest BCUT2D eigenvalue weighted by Crippen LogP contribution is -1.97. The Morgan fingerprint density at radius 2 is 2.33 bits per heavy atom. The number of rotatable bonds is 1. The van der Waals surface area contributed by atoms with E-state index in [2.05, 4.69) is 4.98 Å². The molecule has 1 aliphatic heterocycles. The molecule has 0 amide bonds. The summed E-state index contributed by atoms with van der Waals surface area (Å²) in [5.41, 5.74) is 0.991. The van der Waals surface area contributed by atoms with Crippen molar-refractivity contribution in [3.63, 3.8) is 0 Å². The lowest BCUT2D eigenvalue weighted by Gasteiger charge is -1.96. The molecule has 0 spiro atoms. The van der Waals surface area contributed by atoms with Gasteiger partial charge in [0, 0.05) is 16.6 Å². The molecular weight excluding hydrogens is 174 g/mol. The summed E-state index contributed by atoms with van der Waals surface area (Å²) < 4.78 is 0. The topological polar surface area (TPSA) is 50.2 Å². The zero-order valence-corrected chi connectivity index (χ0v) is 6.84. The molecule has 0 saturated carbocycles. The zero-order chi connectivity index (χ0) is 8.55. The van der Waals surface area contributed by atoms with Crippen LogP contribution >= 0.6 is 11.3 Å². The van der Waals surface area contributed by atoms with Crippen molar-refractivity contribution in [1.82, 2.24) is 4.98 Å². The van der Waals surface area contributed by atoms with Gasteiger partial charge in [0.05, 0.1) is 0 Å². The highest BCUT2D eigenvalue weighted by molar-refractivity contribution is 7.16. The van der Waals surface area contributed by atoms with Gasteiger partial charge in [0.1, 0.15) is 0 Å². The van der Waals surface area contributed by atoms with Gasteiger partial charge in [0.15, 0.2) is 0 Å². The second-order valence-corrected chi connectivity index (χ2v) is 3.35. The zero-order valence-electron chi connectivity index (χ0n) is 6.02. The second kappa shape index (κ2) is 2.57. The maximum absolute atomic E-state index is 10.5. The number of carboxylic acid groups (broad SMARTS) is 1. The van der Waals surface area contributed by atoms with Crippen LogP contribution in [-0.4, -0.2) is 16.1 Å². The Kier molecular flexibility index (Phi) is 1.55. The fourth-order valence-electron chi connectivity index (χ4n) is 0.975. The summed E-state index contributed by atoms with van der Waals surface area (Å²) in [6.45, 7) is 0. The van der Waals surface area contributed by atoms with E-state index in [1.807, 2.05) is 18.2 Å². The maximum Gasteiger partial charge on any atom is 0.365 e. The number of aromatic carboxylic acids is 1. The Labute approximate surface area is 72.6 Å². The molecule has 0 aromatic rings. The molecule has 2 aliphatic rings. The monoisotopic (exact) mass is 179 g/mol. The maximum atomic E-state index is 10.5. The number of hydrogen-bond donors (Lipinski definition) is 1. The first-order valence-corrected chi connectivity index (χ1v) is 4.17. The Morgan fingerprint density at radius 1 is 1.50 bits per heavy atom. The number of aromatic nitrogens is 1. The molecule has 0 aromatic carbocycles. The molecule has 3 nitrogen and oxygen atoms in total. The first-order chi connectivity index (χ1) is 5.77. The van der Waals surface area contributed by atoms with E-state index in [1.165, 1.54) is 11.3 Å². The van der Waals surface area contributed by atoms with Crippen molar-refractivity contribution in [3.8, 4) is 10.4 Å². The van der Waals surface area contributed by atoms with Crippen molar-refractivity contribution in [2.75, 3.05) is 0 Å². The average molecular weight is 179 g/mol. The Balaban J connectivity index is 2.62. The lowest BCUT2D eigenvalue weighted by atomic mass is 10.3. The highest BCUT2D eigenvalue weighted by atomic mass is 32.1. The van der Waals surface area contributed by atoms with E-state index in [-0.39, 0.29) is 5.01 Å². The van der Waals surface area contributed by atoms with Crippen LogP contribution in [0.4, 0.5) is 0 Å². The minimum atomic E-state index is -0.969. The Morgan fingerprint density at radius 3 is 3.08 bits per heavy atom. The molecule has 1 heterocycles. The average Bonchev–Trinajstić information content (AvgIpc) is 2.49. The SMILES string of the molecule is O=C(O)c1ncc2cccc-2s1. The summed E-state index contributed by atoms with van der Waals surface area (Å²) in [5.74, 6) is -0.969. The van der Waals surface area contributed by atoms with E-state index in [4.69, 9.17) is 5.11 Å². The van der Waals surface area contributed by atoms with Crippen LogP contribution in [0, 0.1) is 0 Å². The predicted molar refractivity (Wildman–Crippen MR) is 45.7 cm³/mol. The van der Waals surface area contributed by atoms with Crippen LogP contribution in [0.3, 0.4) is 0 Å². The van der Waals surface area contributed by atoms with Gasteiger partial charge in [-0.25, -0.2) is 9.78 Å². The molecule has 0 saturated heterocycles. The van der Waals surface area contributed by atoms with Gasteiger partial charge in [-0.2, -0.15) is 0 Å². The fraction of sp³-hybridized carbons (Fsp3) is 0. The summed E-state index contributed by atoms with van der Waals surface area (Å²) in [6, 6.07) is 5.67. The van der Waals surface area contributed by atoms with Crippen molar-refractivity contribution >= 4 is 17.3 Å². The smallest absolute Gasteiger partial charge is 0.365 e. The molecule has 0 unspecified atom stereocenters. The molecule has 12 heavy (non-hydrogen) atoms. The van der Waals surface area contributed by atoms with E-state index in [0.29, 0.717) is 0 Å². The first-order valence-electron chi connectivity index (χ1n) is 3.35. The van der Waals surface area contributed by atoms with Crippen LogP contribution in [0.15, 0.2) is 24.4 Å². The Hall–Kier alpha value is -1.42. The number of fused-ring (bicyclic) bond motifs is 1. The quantitative estimate of drug-likeness (QED) is 0.727. The minimum Gasteiger partial charge on any atom is -0.476 e. The van der Waals surface area contributed by atoms with Crippen molar-refractivity contribution in [1.29, 1.82) is 0 Å². The molecular formula is C8H5NO2S. The molecule has 2 rings (SSSR count). The van der Waals surface area contributed by atoms with E-state index in [9.17, 15) is 4.79 Å². The van der Waals surface area contributed by atoms with E-state index >= 15 is 0 Å². The third kappa shape index (κ3) is 1.06. The summed E-state index contributed by atoms with van der Waals surface area (Å²) in [6.07, 6.45) is 1.58. The summed E-state index contributed by atoms with van der Waals surface area (Å²) in [7, 11) is 0. The summed E-state index contributed by atoms with van der Waals surface area (Å²) in [5, 5.41) is 8.76. The first kappa shape index (κ1) is 7.24. The number of carboxylic acids is 1. The van der Waals surface area contributed by atoms with Crippen LogP contribution in [-0.2, 0) is 0 Å². The van der Waals surface area contributed by atoms with Gasteiger partial charge < -0.3 is 5.11 Å². The highest BCUT2D eigenvalue weighted by Crippen LogP contribution is 2.27. The van der Waals surface area contributed by atoms with Gasteiger partial charge in [-0.15, -0.1) is 11.3 Å².